The van der Waals surface area contributed by atoms with E-state index in [4.69, 9.17) is 4.42 Å². The van der Waals surface area contributed by atoms with Crippen LogP contribution in [0.25, 0.3) is 0 Å². The Morgan fingerprint density at radius 2 is 2.27 bits per heavy atom. The second kappa shape index (κ2) is 4.52. The van der Waals surface area contributed by atoms with E-state index in [0.717, 1.165) is 12.8 Å². The summed E-state index contributed by atoms with van der Waals surface area (Å²) in [5.41, 5.74) is 0. The maximum Gasteiger partial charge on any atom is 0.201 e. The minimum absolute atomic E-state index is 0.173. The first-order valence-electron chi connectivity index (χ1n) is 5.46. The molecule has 2 unspecified atom stereocenters. The van der Waals surface area contributed by atoms with Gasteiger partial charge in [0.1, 0.15) is 0 Å². The average Bonchev–Trinajstić information content (AvgIpc) is 2.64. The van der Waals surface area contributed by atoms with Crippen molar-refractivity contribution in [2.75, 3.05) is 0 Å². The van der Waals surface area contributed by atoms with Crippen molar-refractivity contribution in [3.05, 3.63) is 22.6 Å². The van der Waals surface area contributed by atoms with Crippen molar-refractivity contribution in [3.63, 3.8) is 0 Å². The van der Waals surface area contributed by atoms with Crippen molar-refractivity contribution >= 4 is 21.7 Å². The van der Waals surface area contributed by atoms with Gasteiger partial charge in [-0.25, -0.2) is 0 Å². The van der Waals surface area contributed by atoms with E-state index in [2.05, 4.69) is 22.9 Å². The van der Waals surface area contributed by atoms with Gasteiger partial charge in [0.05, 0.1) is 0 Å². The molecule has 2 atom stereocenters. The molecular weight excluding hydrogens is 256 g/mol. The van der Waals surface area contributed by atoms with Gasteiger partial charge < -0.3 is 4.42 Å². The fourth-order valence-corrected chi connectivity index (χ4v) is 2.63. The van der Waals surface area contributed by atoms with Crippen molar-refractivity contribution in [2.24, 2.45) is 11.8 Å². The quantitative estimate of drug-likeness (QED) is 0.759. The smallest absolute Gasteiger partial charge is 0.201 e. The molecule has 0 saturated heterocycles. The zero-order valence-corrected chi connectivity index (χ0v) is 10.4. The predicted octanol–water partition coefficient (Wildman–Crippen LogP) is 4.05. The number of halogens is 1. The molecule has 0 aromatic carbocycles. The molecule has 1 aromatic heterocycles. The number of carbonyl (C=O) groups excluding carboxylic acids is 1. The van der Waals surface area contributed by atoms with Gasteiger partial charge in [0.15, 0.2) is 10.4 Å². The Kier molecular flexibility index (Phi) is 3.29. The Morgan fingerprint density at radius 3 is 2.87 bits per heavy atom. The highest BCUT2D eigenvalue weighted by Crippen LogP contribution is 2.31. The molecule has 0 radical (unpaired) electrons. The third-order valence-electron chi connectivity index (χ3n) is 3.12. The Hall–Kier alpha value is -0.570. The summed E-state index contributed by atoms with van der Waals surface area (Å²) in [5, 5.41) is 0. The maximum absolute atomic E-state index is 12.0. The molecule has 1 aliphatic rings. The van der Waals surface area contributed by atoms with E-state index in [1.807, 2.05) is 0 Å². The molecular formula is C12H15BrO2. The molecule has 1 aliphatic carbocycles. The molecule has 2 nitrogen and oxygen atoms in total. The van der Waals surface area contributed by atoms with Crippen LogP contribution < -0.4 is 0 Å². The minimum atomic E-state index is 0.173. The topological polar surface area (TPSA) is 30.2 Å². The third-order valence-corrected chi connectivity index (χ3v) is 3.55. The zero-order chi connectivity index (χ0) is 10.8. The van der Waals surface area contributed by atoms with Crippen molar-refractivity contribution in [3.8, 4) is 0 Å². The van der Waals surface area contributed by atoms with Gasteiger partial charge in [-0.3, -0.25) is 4.79 Å². The highest BCUT2D eigenvalue weighted by atomic mass is 79.9. The first-order chi connectivity index (χ1) is 7.16. The molecule has 0 amide bonds. The van der Waals surface area contributed by atoms with Crippen molar-refractivity contribution < 1.29 is 9.21 Å². The summed E-state index contributed by atoms with van der Waals surface area (Å²) >= 11 is 3.22. The van der Waals surface area contributed by atoms with Crippen molar-refractivity contribution in [2.45, 2.75) is 32.6 Å². The second-order valence-electron chi connectivity index (χ2n) is 4.44. The molecule has 0 spiro atoms. The van der Waals surface area contributed by atoms with Crippen LogP contribution in [0, 0.1) is 11.8 Å². The van der Waals surface area contributed by atoms with E-state index in [-0.39, 0.29) is 11.7 Å². The van der Waals surface area contributed by atoms with Crippen LogP contribution >= 0.6 is 15.9 Å². The Balaban J connectivity index is 2.07. The van der Waals surface area contributed by atoms with Gasteiger partial charge in [-0.1, -0.05) is 19.8 Å². The molecule has 1 saturated carbocycles. The molecule has 1 fully saturated rings. The van der Waals surface area contributed by atoms with Gasteiger partial charge in [-0.15, -0.1) is 0 Å². The van der Waals surface area contributed by atoms with E-state index >= 15 is 0 Å². The molecule has 2 rings (SSSR count). The number of hydrogen-bond acceptors (Lipinski definition) is 2. The number of ketones is 1. The normalized spacial score (nSPS) is 26.5. The predicted molar refractivity (Wildman–Crippen MR) is 61.9 cm³/mol. The molecule has 15 heavy (non-hydrogen) atoms. The molecule has 3 heteroatoms. The molecule has 0 aliphatic heterocycles. The van der Waals surface area contributed by atoms with Crippen LogP contribution in [0.3, 0.4) is 0 Å². The molecule has 1 heterocycles. The molecule has 0 bridgehead atoms. The number of hydrogen-bond donors (Lipinski definition) is 0. The lowest BCUT2D eigenvalue weighted by Gasteiger charge is -2.24. The number of furan rings is 1. The van der Waals surface area contributed by atoms with Crippen LogP contribution in [0.1, 0.15) is 43.2 Å². The Bertz CT molecular complexity index is 356. The first-order valence-corrected chi connectivity index (χ1v) is 6.25. The number of rotatable bonds is 2. The lowest BCUT2D eigenvalue weighted by atomic mass is 9.80. The summed E-state index contributed by atoms with van der Waals surface area (Å²) in [6.45, 7) is 2.22. The average molecular weight is 271 g/mol. The highest BCUT2D eigenvalue weighted by Gasteiger charge is 2.27. The summed E-state index contributed by atoms with van der Waals surface area (Å²) < 4.78 is 5.93. The van der Waals surface area contributed by atoms with Crippen LogP contribution in [0.4, 0.5) is 0 Å². The summed E-state index contributed by atoms with van der Waals surface area (Å²) in [5.74, 6) is 1.52. The van der Waals surface area contributed by atoms with E-state index in [0.29, 0.717) is 16.3 Å². The number of carbonyl (C=O) groups is 1. The van der Waals surface area contributed by atoms with Crippen LogP contribution in [-0.4, -0.2) is 5.78 Å². The van der Waals surface area contributed by atoms with Crippen molar-refractivity contribution in [1.29, 1.82) is 0 Å². The van der Waals surface area contributed by atoms with E-state index in [1.165, 1.54) is 12.8 Å². The Labute approximate surface area is 98.2 Å². The molecule has 82 valence electrons. The SMILES string of the molecule is CC1CCCC(C(=O)c2ccc(Br)o2)C1. The summed E-state index contributed by atoms with van der Waals surface area (Å²) in [6.07, 6.45) is 4.45. The largest absolute Gasteiger partial charge is 0.446 e. The second-order valence-corrected chi connectivity index (χ2v) is 5.22. The third kappa shape index (κ3) is 2.51. The van der Waals surface area contributed by atoms with Gasteiger partial charge >= 0.3 is 0 Å². The van der Waals surface area contributed by atoms with Crippen LogP contribution in [0.2, 0.25) is 0 Å². The van der Waals surface area contributed by atoms with Gasteiger partial charge in [0.25, 0.3) is 0 Å². The molecule has 1 aromatic rings. The lowest BCUT2D eigenvalue weighted by molar-refractivity contribution is 0.0838. The highest BCUT2D eigenvalue weighted by molar-refractivity contribution is 9.10. The minimum Gasteiger partial charge on any atom is -0.446 e. The summed E-state index contributed by atoms with van der Waals surface area (Å²) in [7, 11) is 0. The maximum atomic E-state index is 12.0. The zero-order valence-electron chi connectivity index (χ0n) is 8.83. The van der Waals surface area contributed by atoms with Crippen LogP contribution in [0.5, 0.6) is 0 Å². The van der Waals surface area contributed by atoms with Gasteiger partial charge in [-0.05, 0) is 46.8 Å². The fourth-order valence-electron chi connectivity index (χ4n) is 2.32. The van der Waals surface area contributed by atoms with E-state index in [9.17, 15) is 4.79 Å². The number of Topliss-reactive ketones (excluding diaryl/α,β-unsaturated/α-hetero) is 1. The van der Waals surface area contributed by atoms with E-state index in [1.54, 1.807) is 12.1 Å². The first kappa shape index (κ1) is 10.9. The standard InChI is InChI=1S/C12H15BrO2/c1-8-3-2-4-9(7-8)12(14)10-5-6-11(13)15-10/h5-6,8-9H,2-4,7H2,1H3. The van der Waals surface area contributed by atoms with Crippen molar-refractivity contribution in [1.82, 2.24) is 0 Å². The van der Waals surface area contributed by atoms with Gasteiger partial charge in [-0.2, -0.15) is 0 Å². The van der Waals surface area contributed by atoms with Crippen LogP contribution in [0.15, 0.2) is 21.2 Å². The molecule has 0 N–H and O–H groups in total. The summed E-state index contributed by atoms with van der Waals surface area (Å²) in [4.78, 5) is 12.0. The van der Waals surface area contributed by atoms with Gasteiger partial charge in [0, 0.05) is 5.92 Å². The van der Waals surface area contributed by atoms with Crippen LogP contribution in [-0.2, 0) is 0 Å². The Morgan fingerprint density at radius 1 is 1.47 bits per heavy atom. The summed E-state index contributed by atoms with van der Waals surface area (Å²) in [6, 6.07) is 3.53. The monoisotopic (exact) mass is 270 g/mol. The lowest BCUT2D eigenvalue weighted by Crippen LogP contribution is -2.21. The fraction of sp³-hybridized carbons (Fsp3) is 0.583. The van der Waals surface area contributed by atoms with E-state index < -0.39 is 0 Å². The van der Waals surface area contributed by atoms with Gasteiger partial charge in [0.2, 0.25) is 5.78 Å².